The predicted octanol–water partition coefficient (Wildman–Crippen LogP) is 3.75. The number of hydrogen-bond donors (Lipinski definition) is 2. The van der Waals surface area contributed by atoms with Crippen molar-refractivity contribution in [3.63, 3.8) is 0 Å². The van der Waals surface area contributed by atoms with Crippen LogP contribution in [0.4, 0.5) is 0 Å². The molecule has 0 atom stereocenters. The van der Waals surface area contributed by atoms with Crippen LogP contribution in [0, 0.1) is 5.92 Å². The zero-order valence-electron chi connectivity index (χ0n) is 11.7. The average molecular weight is 271 g/mol. The molecule has 2 N–H and O–H groups in total. The Kier molecular flexibility index (Phi) is 3.88. The molecule has 1 aromatic carbocycles. The Morgan fingerprint density at radius 3 is 2.35 bits per heavy atom. The normalized spacial score (nSPS) is 22.1. The van der Waals surface area contributed by atoms with Crippen LogP contribution in [0.3, 0.4) is 0 Å². The number of aliphatic hydroxyl groups excluding tert-OH is 1. The molecule has 0 heterocycles. The molecule has 2 aliphatic rings. The van der Waals surface area contributed by atoms with Gasteiger partial charge >= 0.3 is 0 Å². The lowest BCUT2D eigenvalue weighted by atomic mass is 9.91. The van der Waals surface area contributed by atoms with Crippen LogP contribution in [0.15, 0.2) is 35.0 Å². The van der Waals surface area contributed by atoms with E-state index in [2.05, 4.69) is 5.16 Å². The van der Waals surface area contributed by atoms with Gasteiger partial charge in [0.2, 0.25) is 0 Å². The summed E-state index contributed by atoms with van der Waals surface area (Å²) in [4.78, 5) is 0. The number of hydrogen-bond acceptors (Lipinski definition) is 3. The molecule has 1 fully saturated rings. The highest BCUT2D eigenvalue weighted by molar-refractivity contribution is 6.26. The van der Waals surface area contributed by atoms with Crippen molar-refractivity contribution in [2.24, 2.45) is 11.1 Å². The second-order valence-electron chi connectivity index (χ2n) is 5.78. The minimum Gasteiger partial charge on any atom is -0.411 e. The Labute approximate surface area is 119 Å². The molecular weight excluding hydrogens is 250 g/mol. The number of nitrogens with zero attached hydrogens (tertiary/aromatic N) is 1. The van der Waals surface area contributed by atoms with Gasteiger partial charge in [0, 0.05) is 5.57 Å². The number of rotatable bonds is 3. The summed E-state index contributed by atoms with van der Waals surface area (Å²) < 4.78 is 0. The van der Waals surface area contributed by atoms with E-state index in [1.807, 2.05) is 24.3 Å². The zero-order valence-corrected chi connectivity index (χ0v) is 11.7. The minimum absolute atomic E-state index is 0.0652. The van der Waals surface area contributed by atoms with Gasteiger partial charge in [0.1, 0.15) is 0 Å². The number of oxime groups is 1. The first kappa shape index (κ1) is 13.4. The van der Waals surface area contributed by atoms with Crippen LogP contribution < -0.4 is 0 Å². The van der Waals surface area contributed by atoms with Crippen LogP contribution in [-0.4, -0.2) is 16.0 Å². The maximum absolute atomic E-state index is 9.27. The van der Waals surface area contributed by atoms with Crippen LogP contribution >= 0.6 is 0 Å². The van der Waals surface area contributed by atoms with Crippen molar-refractivity contribution in [1.29, 1.82) is 0 Å². The first-order valence-corrected chi connectivity index (χ1v) is 7.48. The monoisotopic (exact) mass is 271 g/mol. The zero-order chi connectivity index (χ0) is 13.9. The van der Waals surface area contributed by atoms with Gasteiger partial charge < -0.3 is 10.3 Å². The molecule has 3 nitrogen and oxygen atoms in total. The summed E-state index contributed by atoms with van der Waals surface area (Å²) >= 11 is 0. The summed E-state index contributed by atoms with van der Waals surface area (Å²) in [5.41, 5.74) is 5.49. The predicted molar refractivity (Wildman–Crippen MR) is 79.7 cm³/mol. The Hall–Kier alpha value is -1.61. The van der Waals surface area contributed by atoms with Crippen LogP contribution in [0.2, 0.25) is 0 Å². The molecule has 2 aliphatic carbocycles. The van der Waals surface area contributed by atoms with Gasteiger partial charge in [-0.25, -0.2) is 0 Å². The fraction of sp³-hybridized carbons (Fsp3) is 0.471. The van der Waals surface area contributed by atoms with Crippen molar-refractivity contribution in [1.82, 2.24) is 0 Å². The summed E-state index contributed by atoms with van der Waals surface area (Å²) in [5.74, 6) is 0.668. The third-order valence-corrected chi connectivity index (χ3v) is 4.63. The molecule has 0 spiro atoms. The standard InChI is InChI=1S/C17H21NO2/c19-11-12-5-7-14(8-6-12)17-15(9-10-16(17)18-20)13-3-1-2-4-13/h5-8,13,19-20H,1-4,9-11H2/b18-16+. The molecule has 0 radical (unpaired) electrons. The second-order valence-corrected chi connectivity index (χ2v) is 5.78. The van der Waals surface area contributed by atoms with E-state index >= 15 is 0 Å². The lowest BCUT2D eigenvalue weighted by Gasteiger charge is -2.14. The summed E-state index contributed by atoms with van der Waals surface area (Å²) in [5, 5.41) is 21.9. The highest BCUT2D eigenvalue weighted by Gasteiger charge is 2.29. The second kappa shape index (κ2) is 5.80. The van der Waals surface area contributed by atoms with E-state index in [-0.39, 0.29) is 6.61 Å². The van der Waals surface area contributed by atoms with E-state index in [1.165, 1.54) is 31.3 Å². The Balaban J connectivity index is 2.01. The smallest absolute Gasteiger partial charge is 0.0876 e. The number of allylic oxidation sites excluding steroid dienone is 2. The molecular formula is C17H21NO2. The summed E-state index contributed by atoms with van der Waals surface area (Å²) in [6.07, 6.45) is 7.05. The van der Waals surface area contributed by atoms with Crippen LogP contribution in [0.5, 0.6) is 0 Å². The topological polar surface area (TPSA) is 52.8 Å². The van der Waals surface area contributed by atoms with E-state index in [1.54, 1.807) is 0 Å². The molecule has 0 aliphatic heterocycles. The maximum atomic E-state index is 9.27. The van der Waals surface area contributed by atoms with E-state index in [0.717, 1.165) is 35.3 Å². The molecule has 0 aromatic heterocycles. The lowest BCUT2D eigenvalue weighted by Crippen LogP contribution is -2.02. The summed E-state index contributed by atoms with van der Waals surface area (Å²) in [6.45, 7) is 0.0652. The molecule has 20 heavy (non-hydrogen) atoms. The van der Waals surface area contributed by atoms with Gasteiger partial charge in [0.15, 0.2) is 0 Å². The van der Waals surface area contributed by atoms with E-state index in [4.69, 9.17) is 5.11 Å². The van der Waals surface area contributed by atoms with Gasteiger partial charge in [-0.3, -0.25) is 0 Å². The first-order chi connectivity index (χ1) is 9.83. The van der Waals surface area contributed by atoms with E-state index < -0.39 is 0 Å². The Morgan fingerprint density at radius 2 is 1.75 bits per heavy atom. The maximum Gasteiger partial charge on any atom is 0.0876 e. The van der Waals surface area contributed by atoms with Crippen molar-refractivity contribution < 1.29 is 10.3 Å². The van der Waals surface area contributed by atoms with Gasteiger partial charge in [-0.05, 0) is 42.7 Å². The quantitative estimate of drug-likeness (QED) is 0.650. The molecule has 0 amide bonds. The van der Waals surface area contributed by atoms with Gasteiger partial charge in [0.25, 0.3) is 0 Å². The van der Waals surface area contributed by atoms with Crippen LogP contribution in [-0.2, 0) is 6.61 Å². The van der Waals surface area contributed by atoms with Crippen molar-refractivity contribution in [3.05, 3.63) is 41.0 Å². The molecule has 1 aromatic rings. The van der Waals surface area contributed by atoms with Gasteiger partial charge in [0.05, 0.1) is 12.3 Å². The molecule has 3 rings (SSSR count). The van der Waals surface area contributed by atoms with Gasteiger partial charge in [-0.15, -0.1) is 0 Å². The minimum atomic E-state index is 0.0652. The molecule has 0 saturated heterocycles. The Morgan fingerprint density at radius 1 is 1.05 bits per heavy atom. The fourth-order valence-corrected chi connectivity index (χ4v) is 3.60. The largest absolute Gasteiger partial charge is 0.411 e. The first-order valence-electron chi connectivity index (χ1n) is 7.48. The molecule has 0 unspecified atom stereocenters. The Bertz CT molecular complexity index is 537. The molecule has 3 heteroatoms. The highest BCUT2D eigenvalue weighted by atomic mass is 16.4. The molecule has 1 saturated carbocycles. The fourth-order valence-electron chi connectivity index (χ4n) is 3.60. The third kappa shape index (κ3) is 2.38. The lowest BCUT2D eigenvalue weighted by molar-refractivity contribution is 0.282. The molecule has 106 valence electrons. The van der Waals surface area contributed by atoms with Crippen molar-refractivity contribution >= 4 is 11.3 Å². The van der Waals surface area contributed by atoms with Crippen molar-refractivity contribution in [3.8, 4) is 0 Å². The van der Waals surface area contributed by atoms with Gasteiger partial charge in [-0.2, -0.15) is 0 Å². The summed E-state index contributed by atoms with van der Waals surface area (Å²) in [7, 11) is 0. The van der Waals surface area contributed by atoms with Crippen molar-refractivity contribution in [2.45, 2.75) is 45.1 Å². The third-order valence-electron chi connectivity index (χ3n) is 4.63. The van der Waals surface area contributed by atoms with E-state index in [9.17, 15) is 5.21 Å². The number of aliphatic hydroxyl groups is 1. The van der Waals surface area contributed by atoms with Crippen LogP contribution in [0.1, 0.15) is 49.7 Å². The molecule has 0 bridgehead atoms. The average Bonchev–Trinajstić information content (AvgIpc) is 3.15. The highest BCUT2D eigenvalue weighted by Crippen LogP contribution is 2.42. The van der Waals surface area contributed by atoms with E-state index in [0.29, 0.717) is 5.92 Å². The van der Waals surface area contributed by atoms with Gasteiger partial charge in [-0.1, -0.05) is 47.8 Å². The SMILES string of the molecule is OCc1ccc(C2=C(C3CCCC3)CC/C2=N\O)cc1. The van der Waals surface area contributed by atoms with Crippen LogP contribution in [0.25, 0.3) is 5.57 Å². The number of benzene rings is 1. The van der Waals surface area contributed by atoms with Crippen molar-refractivity contribution in [2.75, 3.05) is 0 Å². The summed E-state index contributed by atoms with van der Waals surface area (Å²) in [6, 6.07) is 7.96.